The maximum atomic E-state index is 10.3. The van der Waals surface area contributed by atoms with E-state index in [1.54, 1.807) is 6.08 Å². The first-order valence-corrected chi connectivity index (χ1v) is 3.17. The maximum Gasteiger partial charge on any atom is 0.516 e. The van der Waals surface area contributed by atoms with Gasteiger partial charge in [-0.15, -0.1) is 0 Å². The number of hydrogen-bond acceptors (Lipinski definition) is 4. The van der Waals surface area contributed by atoms with E-state index in [9.17, 15) is 9.59 Å². The number of carbonyl (C=O) groups is 1. The monoisotopic (exact) mass is 157 g/mol. The predicted molar refractivity (Wildman–Crippen MR) is 37.6 cm³/mol. The Kier molecular flexibility index (Phi) is 5.98. The average Bonchev–Trinajstić information content (AvgIpc) is 1.99. The van der Waals surface area contributed by atoms with Gasteiger partial charge in [-0.1, -0.05) is 19.1 Å². The smallest absolute Gasteiger partial charge is 0.430 e. The topological polar surface area (TPSA) is 52.6 Å². The second-order valence-electron chi connectivity index (χ2n) is 1.63. The molecule has 0 heterocycles. The van der Waals surface area contributed by atoms with Crippen molar-refractivity contribution in [3.05, 3.63) is 12.2 Å². The van der Waals surface area contributed by atoms with Gasteiger partial charge in [-0.3, -0.25) is 0 Å². The Labute approximate surface area is 64.8 Å². The summed E-state index contributed by atoms with van der Waals surface area (Å²) in [6.07, 6.45) is 3.34. The van der Waals surface area contributed by atoms with Crippen molar-refractivity contribution in [3.63, 3.8) is 0 Å². The molecule has 61 valence electrons. The highest BCUT2D eigenvalue weighted by molar-refractivity contribution is 5.69. The third-order valence-electron chi connectivity index (χ3n) is 0.825. The van der Waals surface area contributed by atoms with Crippen LogP contribution in [0.25, 0.3) is 0 Å². The van der Waals surface area contributed by atoms with Crippen molar-refractivity contribution in [1.29, 1.82) is 0 Å². The standard InChI is InChI=1S/C7H9O4/c1-2-3-4-5-10-7(9)11-6-8/h3-4H,2,5H2,1H3/b4-3+. The summed E-state index contributed by atoms with van der Waals surface area (Å²) in [5.74, 6) is 0. The van der Waals surface area contributed by atoms with Crippen molar-refractivity contribution in [3.8, 4) is 0 Å². The van der Waals surface area contributed by atoms with Crippen LogP contribution >= 0.6 is 0 Å². The first-order chi connectivity index (χ1) is 5.31. The second-order valence-corrected chi connectivity index (χ2v) is 1.63. The van der Waals surface area contributed by atoms with E-state index in [-0.39, 0.29) is 6.61 Å². The highest BCUT2D eigenvalue weighted by Crippen LogP contribution is 1.85. The molecular formula is C7H9O4. The third kappa shape index (κ3) is 6.57. The summed E-state index contributed by atoms with van der Waals surface area (Å²) in [4.78, 5) is 19.7. The Morgan fingerprint density at radius 1 is 1.55 bits per heavy atom. The molecule has 0 aromatic heterocycles. The van der Waals surface area contributed by atoms with Crippen LogP contribution in [0, 0.1) is 0 Å². The van der Waals surface area contributed by atoms with Gasteiger partial charge in [-0.2, -0.15) is 0 Å². The van der Waals surface area contributed by atoms with Gasteiger partial charge >= 0.3 is 12.6 Å². The van der Waals surface area contributed by atoms with Crippen molar-refractivity contribution >= 4 is 12.6 Å². The summed E-state index contributed by atoms with van der Waals surface area (Å²) in [6.45, 7) is 3.03. The Balaban J connectivity index is 3.30. The number of rotatable bonds is 4. The van der Waals surface area contributed by atoms with Crippen molar-refractivity contribution in [2.75, 3.05) is 6.61 Å². The van der Waals surface area contributed by atoms with Crippen LogP contribution in [0.5, 0.6) is 0 Å². The minimum absolute atomic E-state index is 0.119. The van der Waals surface area contributed by atoms with Gasteiger partial charge in [0.15, 0.2) is 0 Å². The van der Waals surface area contributed by atoms with Crippen molar-refractivity contribution in [1.82, 2.24) is 0 Å². The van der Waals surface area contributed by atoms with Gasteiger partial charge in [0.05, 0.1) is 0 Å². The van der Waals surface area contributed by atoms with Crippen molar-refractivity contribution in [2.24, 2.45) is 0 Å². The molecule has 0 rings (SSSR count). The summed E-state index contributed by atoms with van der Waals surface area (Å²) in [7, 11) is 0. The minimum atomic E-state index is -1.03. The fourth-order valence-electron chi connectivity index (χ4n) is 0.414. The lowest BCUT2D eigenvalue weighted by atomic mass is 10.4. The predicted octanol–water partition coefficient (Wildman–Crippen LogP) is 1.17. The van der Waals surface area contributed by atoms with E-state index in [1.807, 2.05) is 13.0 Å². The minimum Gasteiger partial charge on any atom is -0.430 e. The quantitative estimate of drug-likeness (QED) is 0.349. The molecule has 0 N–H and O–H groups in total. The summed E-state index contributed by atoms with van der Waals surface area (Å²) >= 11 is 0. The fourth-order valence-corrected chi connectivity index (χ4v) is 0.414. The zero-order valence-electron chi connectivity index (χ0n) is 6.20. The van der Waals surface area contributed by atoms with E-state index >= 15 is 0 Å². The molecule has 0 aliphatic heterocycles. The molecule has 0 atom stereocenters. The molecule has 0 saturated heterocycles. The van der Waals surface area contributed by atoms with Gasteiger partial charge in [-0.25, -0.2) is 9.59 Å². The van der Waals surface area contributed by atoms with E-state index in [1.165, 1.54) is 0 Å². The molecule has 0 aliphatic carbocycles. The molecule has 11 heavy (non-hydrogen) atoms. The first-order valence-electron chi connectivity index (χ1n) is 3.17. The van der Waals surface area contributed by atoms with Crippen LogP contribution in [0.1, 0.15) is 13.3 Å². The van der Waals surface area contributed by atoms with Crippen LogP contribution in [-0.4, -0.2) is 19.2 Å². The van der Waals surface area contributed by atoms with Gasteiger partial charge in [0.1, 0.15) is 6.61 Å². The summed E-state index contributed by atoms with van der Waals surface area (Å²) in [6, 6.07) is 0. The van der Waals surface area contributed by atoms with E-state index in [0.717, 1.165) is 12.9 Å². The van der Waals surface area contributed by atoms with Crippen molar-refractivity contribution in [2.45, 2.75) is 13.3 Å². The summed E-state index contributed by atoms with van der Waals surface area (Å²) < 4.78 is 8.10. The lowest BCUT2D eigenvalue weighted by molar-refractivity contribution is 0.104. The van der Waals surface area contributed by atoms with Crippen LogP contribution in [0.2, 0.25) is 0 Å². The molecule has 0 aromatic carbocycles. The van der Waals surface area contributed by atoms with Gasteiger partial charge < -0.3 is 9.47 Å². The molecule has 4 nitrogen and oxygen atoms in total. The molecule has 0 unspecified atom stereocenters. The number of carbonyl (C=O) groups excluding carboxylic acids is 2. The van der Waals surface area contributed by atoms with Gasteiger partial charge in [0, 0.05) is 0 Å². The highest BCUT2D eigenvalue weighted by atomic mass is 16.7. The molecule has 0 fully saturated rings. The van der Waals surface area contributed by atoms with Crippen LogP contribution in [0.3, 0.4) is 0 Å². The molecule has 0 saturated carbocycles. The molecule has 0 amide bonds. The molecular weight excluding hydrogens is 148 g/mol. The van der Waals surface area contributed by atoms with Gasteiger partial charge in [0.25, 0.3) is 0 Å². The number of ether oxygens (including phenoxy) is 2. The third-order valence-corrected chi connectivity index (χ3v) is 0.825. The van der Waals surface area contributed by atoms with E-state index < -0.39 is 6.16 Å². The summed E-state index contributed by atoms with van der Waals surface area (Å²) in [5.41, 5.74) is 0. The molecule has 0 spiro atoms. The Bertz CT molecular complexity index is 151. The van der Waals surface area contributed by atoms with Crippen molar-refractivity contribution < 1.29 is 19.1 Å². The Hall–Kier alpha value is -1.32. The van der Waals surface area contributed by atoms with Crippen LogP contribution < -0.4 is 0 Å². The molecule has 4 heteroatoms. The molecule has 0 aromatic rings. The van der Waals surface area contributed by atoms with Crippen LogP contribution in [0.4, 0.5) is 4.79 Å². The van der Waals surface area contributed by atoms with Crippen LogP contribution in [0.15, 0.2) is 12.2 Å². The fraction of sp³-hybridized carbons (Fsp3) is 0.429. The van der Waals surface area contributed by atoms with Crippen LogP contribution in [-0.2, 0) is 14.3 Å². The lowest BCUT2D eigenvalue weighted by Gasteiger charge is -1.94. The first kappa shape index (κ1) is 9.68. The Morgan fingerprint density at radius 3 is 2.82 bits per heavy atom. The zero-order chi connectivity index (χ0) is 8.53. The largest absolute Gasteiger partial charge is 0.516 e. The van der Waals surface area contributed by atoms with Gasteiger partial charge in [-0.05, 0) is 6.42 Å². The highest BCUT2D eigenvalue weighted by Gasteiger charge is 1.99. The SMILES string of the molecule is CC/C=C/COC(=O)O[C]=O. The average molecular weight is 157 g/mol. The van der Waals surface area contributed by atoms with Gasteiger partial charge in [0.2, 0.25) is 0 Å². The molecule has 1 radical (unpaired) electrons. The Morgan fingerprint density at radius 2 is 2.27 bits per heavy atom. The second kappa shape index (κ2) is 6.80. The normalized spacial score (nSPS) is 9.55. The number of hydrogen-bond donors (Lipinski definition) is 0. The van der Waals surface area contributed by atoms with E-state index in [0.29, 0.717) is 0 Å². The summed E-state index contributed by atoms with van der Waals surface area (Å²) in [5, 5.41) is 0. The maximum absolute atomic E-state index is 10.3. The molecule has 0 bridgehead atoms. The number of allylic oxidation sites excluding steroid dienone is 1. The zero-order valence-corrected chi connectivity index (χ0v) is 6.20. The lowest BCUT2D eigenvalue weighted by Crippen LogP contribution is -2.05. The van der Waals surface area contributed by atoms with E-state index in [4.69, 9.17) is 0 Å². The molecule has 0 aliphatic rings. The van der Waals surface area contributed by atoms with E-state index in [2.05, 4.69) is 9.47 Å².